The van der Waals surface area contributed by atoms with Crippen molar-refractivity contribution in [3.63, 3.8) is 0 Å². The third-order valence-corrected chi connectivity index (χ3v) is 3.61. The van der Waals surface area contributed by atoms with E-state index in [0.717, 1.165) is 13.1 Å². The van der Waals surface area contributed by atoms with Crippen molar-refractivity contribution in [2.75, 3.05) is 11.4 Å². The van der Waals surface area contributed by atoms with E-state index < -0.39 is 0 Å². The number of para-hydroxylation sites is 1. The summed E-state index contributed by atoms with van der Waals surface area (Å²) in [5.41, 5.74) is 5.14. The molecule has 2 aromatic carbocycles. The van der Waals surface area contributed by atoms with Crippen molar-refractivity contribution in [1.29, 1.82) is 5.26 Å². The van der Waals surface area contributed by atoms with Crippen molar-refractivity contribution in [2.45, 2.75) is 26.8 Å². The van der Waals surface area contributed by atoms with Gasteiger partial charge in [0.15, 0.2) is 0 Å². The second-order valence-electron chi connectivity index (χ2n) is 5.04. The summed E-state index contributed by atoms with van der Waals surface area (Å²) in [6.07, 6.45) is 0.541. The average molecular weight is 264 g/mol. The lowest BCUT2D eigenvalue weighted by Gasteiger charge is -2.25. The minimum atomic E-state index is 0.541. The summed E-state index contributed by atoms with van der Waals surface area (Å²) >= 11 is 0. The van der Waals surface area contributed by atoms with Gasteiger partial charge in [0.1, 0.15) is 0 Å². The molecule has 0 aliphatic heterocycles. The highest BCUT2D eigenvalue weighted by Gasteiger charge is 2.10. The maximum Gasteiger partial charge on any atom is 0.0640 e. The molecule has 2 aromatic rings. The first kappa shape index (κ1) is 14.1. The monoisotopic (exact) mass is 264 g/mol. The van der Waals surface area contributed by atoms with Crippen LogP contribution in [-0.2, 0) is 6.54 Å². The molecule has 0 bridgehead atoms. The Hall–Kier alpha value is -2.27. The van der Waals surface area contributed by atoms with Crippen LogP contribution in [0.1, 0.15) is 23.1 Å². The molecule has 0 amide bonds. The lowest BCUT2D eigenvalue weighted by molar-refractivity contribution is 0.790. The predicted octanol–water partition coefficient (Wildman–Crippen LogP) is 4.22. The van der Waals surface area contributed by atoms with Crippen LogP contribution < -0.4 is 4.90 Å². The van der Waals surface area contributed by atoms with E-state index in [1.54, 1.807) is 0 Å². The first-order valence-corrected chi connectivity index (χ1v) is 6.94. The number of nitriles is 1. The highest BCUT2D eigenvalue weighted by atomic mass is 15.1. The van der Waals surface area contributed by atoms with E-state index in [1.165, 1.54) is 22.4 Å². The largest absolute Gasteiger partial charge is 0.366 e. The van der Waals surface area contributed by atoms with E-state index in [0.29, 0.717) is 6.42 Å². The Morgan fingerprint density at radius 1 is 0.950 bits per heavy atom. The number of benzene rings is 2. The topological polar surface area (TPSA) is 27.0 Å². The van der Waals surface area contributed by atoms with Crippen LogP contribution in [-0.4, -0.2) is 6.54 Å². The molecule has 0 fully saturated rings. The van der Waals surface area contributed by atoms with Gasteiger partial charge in [0.25, 0.3) is 0 Å². The molecule has 0 heterocycles. The number of hydrogen-bond acceptors (Lipinski definition) is 2. The van der Waals surface area contributed by atoms with E-state index in [4.69, 9.17) is 5.26 Å². The van der Waals surface area contributed by atoms with Gasteiger partial charge >= 0.3 is 0 Å². The highest BCUT2D eigenvalue weighted by molar-refractivity contribution is 5.48. The molecule has 0 aromatic heterocycles. The zero-order valence-electron chi connectivity index (χ0n) is 12.1. The van der Waals surface area contributed by atoms with E-state index in [1.807, 2.05) is 18.2 Å². The van der Waals surface area contributed by atoms with Crippen molar-refractivity contribution < 1.29 is 0 Å². The fraction of sp³-hybridized carbons (Fsp3) is 0.278. The molecule has 0 N–H and O–H groups in total. The third-order valence-electron chi connectivity index (χ3n) is 3.61. The minimum absolute atomic E-state index is 0.541. The Morgan fingerprint density at radius 3 is 2.20 bits per heavy atom. The van der Waals surface area contributed by atoms with Gasteiger partial charge < -0.3 is 4.90 Å². The molecule has 0 saturated carbocycles. The number of hydrogen-bond donors (Lipinski definition) is 0. The molecule has 0 aliphatic carbocycles. The Morgan fingerprint density at radius 2 is 1.60 bits per heavy atom. The molecule has 2 nitrogen and oxygen atoms in total. The third kappa shape index (κ3) is 3.39. The fourth-order valence-corrected chi connectivity index (χ4v) is 2.41. The molecule has 102 valence electrons. The van der Waals surface area contributed by atoms with Crippen molar-refractivity contribution in [3.05, 3.63) is 65.2 Å². The molecular formula is C18H20N2. The Kier molecular flexibility index (Phi) is 4.79. The number of rotatable bonds is 5. The second-order valence-corrected chi connectivity index (χ2v) is 5.04. The lowest BCUT2D eigenvalue weighted by Crippen LogP contribution is -2.24. The van der Waals surface area contributed by atoms with Gasteiger partial charge in [-0.25, -0.2) is 0 Å². The number of aryl methyl sites for hydroxylation is 2. The van der Waals surface area contributed by atoms with Crippen LogP contribution in [0.3, 0.4) is 0 Å². The van der Waals surface area contributed by atoms with Crippen LogP contribution >= 0.6 is 0 Å². The lowest BCUT2D eigenvalue weighted by atomic mass is 10.0. The predicted molar refractivity (Wildman–Crippen MR) is 83.6 cm³/mol. The summed E-state index contributed by atoms with van der Waals surface area (Å²) in [6.45, 7) is 5.91. The summed E-state index contributed by atoms with van der Waals surface area (Å²) < 4.78 is 0. The molecule has 0 spiro atoms. The van der Waals surface area contributed by atoms with Gasteiger partial charge in [-0.05, 0) is 42.7 Å². The number of nitrogens with zero attached hydrogens (tertiary/aromatic N) is 2. The molecule has 20 heavy (non-hydrogen) atoms. The average Bonchev–Trinajstić information content (AvgIpc) is 2.47. The zero-order valence-corrected chi connectivity index (χ0v) is 12.1. The van der Waals surface area contributed by atoms with Gasteiger partial charge in [0, 0.05) is 18.8 Å². The first-order valence-electron chi connectivity index (χ1n) is 6.94. The van der Waals surface area contributed by atoms with Crippen LogP contribution in [0.2, 0.25) is 0 Å². The maximum atomic E-state index is 8.86. The van der Waals surface area contributed by atoms with Gasteiger partial charge in [0.2, 0.25) is 0 Å². The second kappa shape index (κ2) is 6.77. The van der Waals surface area contributed by atoms with Gasteiger partial charge in [-0.15, -0.1) is 0 Å². The van der Waals surface area contributed by atoms with Gasteiger partial charge in [-0.3, -0.25) is 0 Å². The van der Waals surface area contributed by atoms with Crippen molar-refractivity contribution in [3.8, 4) is 6.07 Å². The Balaban J connectivity index is 2.27. The molecule has 0 unspecified atom stereocenters. The number of anilines is 1. The van der Waals surface area contributed by atoms with E-state index >= 15 is 0 Å². The van der Waals surface area contributed by atoms with Gasteiger partial charge in [-0.2, -0.15) is 5.26 Å². The van der Waals surface area contributed by atoms with Gasteiger partial charge in [0.05, 0.1) is 12.5 Å². The molecule has 0 saturated heterocycles. The van der Waals surface area contributed by atoms with Gasteiger partial charge in [-0.1, -0.05) is 36.4 Å². The van der Waals surface area contributed by atoms with Crippen molar-refractivity contribution in [2.24, 2.45) is 0 Å². The van der Waals surface area contributed by atoms with Crippen molar-refractivity contribution in [1.82, 2.24) is 0 Å². The highest BCUT2D eigenvalue weighted by Crippen LogP contribution is 2.21. The van der Waals surface area contributed by atoms with Crippen LogP contribution in [0.4, 0.5) is 5.69 Å². The fourth-order valence-electron chi connectivity index (χ4n) is 2.41. The summed E-state index contributed by atoms with van der Waals surface area (Å²) in [5, 5.41) is 8.86. The van der Waals surface area contributed by atoms with E-state index in [-0.39, 0.29) is 0 Å². The normalized spacial score (nSPS) is 10.1. The molecule has 2 heteroatoms. The summed E-state index contributed by atoms with van der Waals surface area (Å²) in [4.78, 5) is 2.28. The summed E-state index contributed by atoms with van der Waals surface area (Å²) in [6, 6.07) is 18.9. The minimum Gasteiger partial charge on any atom is -0.366 e. The van der Waals surface area contributed by atoms with E-state index in [9.17, 15) is 0 Å². The maximum absolute atomic E-state index is 8.86. The Labute approximate surface area is 121 Å². The van der Waals surface area contributed by atoms with Crippen LogP contribution in [0.25, 0.3) is 0 Å². The van der Waals surface area contributed by atoms with Crippen LogP contribution in [0, 0.1) is 25.2 Å². The summed E-state index contributed by atoms with van der Waals surface area (Å²) in [5.74, 6) is 0. The zero-order chi connectivity index (χ0) is 14.4. The smallest absolute Gasteiger partial charge is 0.0640 e. The standard InChI is InChI=1S/C18H20N2/c1-15-8-6-9-16(2)18(15)14-20(13-7-12-19)17-10-4-3-5-11-17/h3-6,8-11H,7,13-14H2,1-2H3. The molecule has 0 aliphatic rings. The molecule has 0 atom stereocenters. The Bertz CT molecular complexity index is 576. The van der Waals surface area contributed by atoms with Crippen molar-refractivity contribution >= 4 is 5.69 Å². The first-order chi connectivity index (χ1) is 9.72. The van der Waals surface area contributed by atoms with E-state index in [2.05, 4.69) is 55.1 Å². The molecule has 0 radical (unpaired) electrons. The summed E-state index contributed by atoms with van der Waals surface area (Å²) in [7, 11) is 0. The SMILES string of the molecule is Cc1cccc(C)c1CN(CCC#N)c1ccccc1. The van der Waals surface area contributed by atoms with Crippen LogP contribution in [0.15, 0.2) is 48.5 Å². The molecule has 2 rings (SSSR count). The quantitative estimate of drug-likeness (QED) is 0.808. The van der Waals surface area contributed by atoms with Crippen LogP contribution in [0.5, 0.6) is 0 Å². The molecular weight excluding hydrogens is 244 g/mol.